The smallest absolute Gasteiger partial charge is 0.403 e. The first-order valence-corrected chi connectivity index (χ1v) is 8.94. The molecule has 0 radical (unpaired) electrons. The number of anilines is 1. The Labute approximate surface area is 169 Å². The van der Waals surface area contributed by atoms with Gasteiger partial charge in [-0.3, -0.25) is 0 Å². The molecule has 5 rings (SSSR count). The van der Waals surface area contributed by atoms with Gasteiger partial charge in [-0.2, -0.15) is 13.9 Å². The van der Waals surface area contributed by atoms with Crippen molar-refractivity contribution in [3.8, 4) is 5.75 Å². The molecule has 0 saturated carbocycles. The van der Waals surface area contributed by atoms with Crippen LogP contribution in [0.3, 0.4) is 0 Å². The summed E-state index contributed by atoms with van der Waals surface area (Å²) >= 11 is 0. The summed E-state index contributed by atoms with van der Waals surface area (Å²) in [6, 6.07) is 3.00. The maximum Gasteiger partial charge on any atom is 0.573 e. The molecular weight excluding hydrogens is 429 g/mol. The van der Waals surface area contributed by atoms with Gasteiger partial charge in [-0.05, 0) is 18.2 Å². The Balaban J connectivity index is 1.61. The van der Waals surface area contributed by atoms with Crippen molar-refractivity contribution < 1.29 is 31.1 Å². The Morgan fingerprint density at radius 1 is 1.26 bits per heavy atom. The van der Waals surface area contributed by atoms with E-state index in [4.69, 9.17) is 4.42 Å². The van der Waals surface area contributed by atoms with E-state index in [1.54, 1.807) is 0 Å². The molecule has 1 N–H and O–H groups in total. The SMILES string of the molecule is FC(F)c1nnc(N2CCc3[nH]cnc3C2c2cc3c(OC(F)(F)F)cccn3n2)o1. The van der Waals surface area contributed by atoms with Crippen LogP contribution in [0.2, 0.25) is 0 Å². The van der Waals surface area contributed by atoms with Gasteiger partial charge < -0.3 is 19.0 Å². The Morgan fingerprint density at radius 3 is 2.84 bits per heavy atom. The van der Waals surface area contributed by atoms with Crippen molar-refractivity contribution in [2.24, 2.45) is 0 Å². The van der Waals surface area contributed by atoms with Crippen molar-refractivity contribution in [2.75, 3.05) is 11.4 Å². The summed E-state index contributed by atoms with van der Waals surface area (Å²) in [7, 11) is 0. The first-order valence-electron chi connectivity index (χ1n) is 8.94. The number of aromatic amines is 1. The van der Waals surface area contributed by atoms with Gasteiger partial charge in [0.1, 0.15) is 11.6 Å². The van der Waals surface area contributed by atoms with E-state index in [1.807, 2.05) is 0 Å². The molecule has 1 aliphatic heterocycles. The monoisotopic (exact) mass is 441 g/mol. The molecule has 0 spiro atoms. The summed E-state index contributed by atoms with van der Waals surface area (Å²) in [6.45, 7) is 0.296. The Morgan fingerprint density at radius 2 is 2.10 bits per heavy atom. The van der Waals surface area contributed by atoms with E-state index < -0.39 is 30.5 Å². The van der Waals surface area contributed by atoms with Crippen LogP contribution < -0.4 is 9.64 Å². The third kappa shape index (κ3) is 3.43. The fourth-order valence-corrected chi connectivity index (χ4v) is 3.57. The van der Waals surface area contributed by atoms with Crippen molar-refractivity contribution in [1.82, 2.24) is 29.8 Å². The predicted molar refractivity (Wildman–Crippen MR) is 92.6 cm³/mol. The lowest BCUT2D eigenvalue weighted by Crippen LogP contribution is -2.36. The Bertz CT molecular complexity index is 1230. The zero-order valence-corrected chi connectivity index (χ0v) is 15.3. The predicted octanol–water partition coefficient (Wildman–Crippen LogP) is 3.43. The Kier molecular flexibility index (Phi) is 4.30. The number of hydrogen-bond acceptors (Lipinski definition) is 7. The summed E-state index contributed by atoms with van der Waals surface area (Å²) in [5.41, 5.74) is 1.66. The highest BCUT2D eigenvalue weighted by Crippen LogP contribution is 2.38. The van der Waals surface area contributed by atoms with Crippen LogP contribution in [0.5, 0.6) is 5.75 Å². The number of alkyl halides is 5. The number of nitrogens with one attached hydrogen (secondary N) is 1. The molecule has 0 amide bonds. The van der Waals surface area contributed by atoms with Crippen LogP contribution >= 0.6 is 0 Å². The second-order valence-corrected chi connectivity index (χ2v) is 6.66. The molecule has 162 valence electrons. The van der Waals surface area contributed by atoms with Gasteiger partial charge in [-0.1, -0.05) is 5.10 Å². The number of ether oxygens (including phenoxy) is 1. The van der Waals surface area contributed by atoms with Crippen LogP contribution in [0.15, 0.2) is 35.1 Å². The number of hydrogen-bond donors (Lipinski definition) is 1. The normalized spacial score (nSPS) is 16.8. The van der Waals surface area contributed by atoms with Crippen LogP contribution in [-0.4, -0.2) is 42.7 Å². The van der Waals surface area contributed by atoms with Crippen molar-refractivity contribution in [3.05, 3.63) is 53.7 Å². The lowest BCUT2D eigenvalue weighted by molar-refractivity contribution is -0.274. The third-order valence-corrected chi connectivity index (χ3v) is 4.78. The second kappa shape index (κ2) is 6.92. The van der Waals surface area contributed by atoms with Gasteiger partial charge in [-0.15, -0.1) is 18.3 Å². The molecule has 0 aromatic carbocycles. The fraction of sp³-hybridized carbons (Fsp3) is 0.294. The van der Waals surface area contributed by atoms with Gasteiger partial charge in [0.2, 0.25) is 0 Å². The van der Waals surface area contributed by atoms with Crippen molar-refractivity contribution in [2.45, 2.75) is 25.3 Å². The van der Waals surface area contributed by atoms with E-state index in [1.165, 1.54) is 40.1 Å². The van der Waals surface area contributed by atoms with Gasteiger partial charge in [0.15, 0.2) is 5.75 Å². The highest BCUT2D eigenvalue weighted by atomic mass is 19.4. The number of fused-ring (bicyclic) bond motifs is 2. The van der Waals surface area contributed by atoms with Gasteiger partial charge in [0.25, 0.3) is 5.89 Å². The molecule has 0 saturated heterocycles. The third-order valence-electron chi connectivity index (χ3n) is 4.78. The molecule has 4 aromatic rings. The number of rotatable bonds is 4. The number of aromatic nitrogens is 6. The molecule has 0 fully saturated rings. The first kappa shape index (κ1) is 19.3. The van der Waals surface area contributed by atoms with E-state index in [0.29, 0.717) is 24.4 Å². The lowest BCUT2D eigenvalue weighted by Gasteiger charge is -2.32. The summed E-state index contributed by atoms with van der Waals surface area (Å²) < 4.78 is 74.6. The highest BCUT2D eigenvalue weighted by molar-refractivity contribution is 5.61. The number of imidazole rings is 1. The summed E-state index contributed by atoms with van der Waals surface area (Å²) in [5.74, 6) is -1.27. The fourth-order valence-electron chi connectivity index (χ4n) is 3.57. The van der Waals surface area contributed by atoms with Crippen molar-refractivity contribution in [3.63, 3.8) is 0 Å². The van der Waals surface area contributed by atoms with E-state index in [2.05, 4.69) is 30.0 Å². The standard InChI is InChI=1S/C17H12F5N7O2/c18-14(19)15-25-26-16(30-15)28-5-3-8-12(24-7-23-8)13(28)9-6-10-11(31-17(20,21)22)2-1-4-29(10)27-9/h1-2,4,6-7,13-14H,3,5H2,(H,23,24). The summed E-state index contributed by atoms with van der Waals surface area (Å²) in [4.78, 5) is 8.82. The van der Waals surface area contributed by atoms with Crippen molar-refractivity contribution >= 4 is 11.5 Å². The van der Waals surface area contributed by atoms with E-state index >= 15 is 0 Å². The molecular formula is C17H12F5N7O2. The largest absolute Gasteiger partial charge is 0.573 e. The molecule has 1 unspecified atom stereocenters. The molecule has 0 aliphatic carbocycles. The van der Waals surface area contributed by atoms with E-state index in [-0.39, 0.29) is 11.5 Å². The average molecular weight is 441 g/mol. The number of nitrogens with zero attached hydrogens (tertiary/aromatic N) is 6. The van der Waals surface area contributed by atoms with Gasteiger partial charge in [0, 0.05) is 24.9 Å². The maximum absolute atomic E-state index is 12.9. The van der Waals surface area contributed by atoms with Gasteiger partial charge in [-0.25, -0.2) is 9.50 Å². The maximum atomic E-state index is 12.9. The number of H-pyrrole nitrogens is 1. The molecule has 1 atom stereocenters. The zero-order valence-electron chi connectivity index (χ0n) is 15.3. The summed E-state index contributed by atoms with van der Waals surface area (Å²) in [5, 5.41) is 11.4. The molecule has 0 bridgehead atoms. The quantitative estimate of drug-likeness (QED) is 0.485. The minimum atomic E-state index is -4.88. The molecule has 9 nitrogen and oxygen atoms in total. The first-order chi connectivity index (χ1) is 14.8. The van der Waals surface area contributed by atoms with Crippen LogP contribution in [0, 0.1) is 0 Å². The Hall–Kier alpha value is -3.71. The topological polar surface area (TPSA) is 97.4 Å². The van der Waals surface area contributed by atoms with E-state index in [0.717, 1.165) is 5.69 Å². The molecule has 1 aliphatic rings. The number of pyridine rings is 1. The number of halogens is 5. The molecule has 5 heterocycles. The van der Waals surface area contributed by atoms with Crippen LogP contribution in [0.1, 0.15) is 35.4 Å². The van der Waals surface area contributed by atoms with Crippen LogP contribution in [-0.2, 0) is 6.42 Å². The zero-order chi connectivity index (χ0) is 21.8. The highest BCUT2D eigenvalue weighted by Gasteiger charge is 2.37. The summed E-state index contributed by atoms with van der Waals surface area (Å²) in [6.07, 6.45) is -4.42. The van der Waals surface area contributed by atoms with Gasteiger partial charge in [0.05, 0.1) is 17.7 Å². The molecule has 4 aromatic heterocycles. The lowest BCUT2D eigenvalue weighted by atomic mass is 10.0. The average Bonchev–Trinajstić information content (AvgIpc) is 3.44. The molecule has 14 heteroatoms. The molecule has 31 heavy (non-hydrogen) atoms. The van der Waals surface area contributed by atoms with Gasteiger partial charge >= 0.3 is 18.8 Å². The van der Waals surface area contributed by atoms with E-state index in [9.17, 15) is 22.0 Å². The minimum Gasteiger partial charge on any atom is -0.403 e. The van der Waals surface area contributed by atoms with Crippen molar-refractivity contribution in [1.29, 1.82) is 0 Å². The van der Waals surface area contributed by atoms with Crippen LogP contribution in [0.4, 0.5) is 28.0 Å². The van der Waals surface area contributed by atoms with Crippen LogP contribution in [0.25, 0.3) is 5.52 Å². The second-order valence-electron chi connectivity index (χ2n) is 6.66. The minimum absolute atomic E-state index is 0.0660.